The van der Waals surface area contributed by atoms with Crippen molar-refractivity contribution in [1.29, 1.82) is 0 Å². The van der Waals surface area contributed by atoms with Crippen LogP contribution in [0.1, 0.15) is 18.9 Å². The van der Waals surface area contributed by atoms with Crippen molar-refractivity contribution in [3.05, 3.63) is 43.6 Å². The first-order valence-electron chi connectivity index (χ1n) is 5.46. The van der Waals surface area contributed by atoms with Gasteiger partial charge in [0.2, 0.25) is 12.5 Å². The van der Waals surface area contributed by atoms with Gasteiger partial charge in [0.1, 0.15) is 0 Å². The molecule has 19 heavy (non-hydrogen) atoms. The summed E-state index contributed by atoms with van der Waals surface area (Å²) >= 11 is 0. The number of hydrogen-bond donors (Lipinski definition) is 0. The summed E-state index contributed by atoms with van der Waals surface area (Å²) in [7, 11) is 0. The summed E-state index contributed by atoms with van der Waals surface area (Å²) in [4.78, 5) is 20.6. The third kappa shape index (κ3) is 2.46. The number of ether oxygens (including phenoxy) is 2. The third-order valence-corrected chi connectivity index (χ3v) is 2.64. The molecule has 0 aliphatic carbocycles. The highest BCUT2D eigenvalue weighted by Crippen LogP contribution is 2.38. The molecule has 8 heteroatoms. The van der Waals surface area contributed by atoms with Crippen LogP contribution in [-0.2, 0) is 0 Å². The predicted octanol–water partition coefficient (Wildman–Crippen LogP) is 2.35. The summed E-state index contributed by atoms with van der Waals surface area (Å²) in [6.45, 7) is 1.59. The lowest BCUT2D eigenvalue weighted by Crippen LogP contribution is -1.98. The lowest BCUT2D eigenvalue weighted by molar-refractivity contribution is -0.425. The van der Waals surface area contributed by atoms with Crippen molar-refractivity contribution in [3.8, 4) is 11.5 Å². The van der Waals surface area contributed by atoms with E-state index >= 15 is 0 Å². The highest BCUT2D eigenvalue weighted by molar-refractivity contribution is 5.67. The van der Waals surface area contributed by atoms with Gasteiger partial charge in [-0.3, -0.25) is 20.2 Å². The zero-order valence-electron chi connectivity index (χ0n) is 9.99. The van der Waals surface area contributed by atoms with E-state index in [-0.39, 0.29) is 35.9 Å². The van der Waals surface area contributed by atoms with E-state index < -0.39 is 9.85 Å². The summed E-state index contributed by atoms with van der Waals surface area (Å²) in [6.07, 6.45) is 1.35. The van der Waals surface area contributed by atoms with Crippen molar-refractivity contribution in [2.75, 3.05) is 6.79 Å². The maximum atomic E-state index is 11.0. The molecule has 1 aliphatic rings. The highest BCUT2D eigenvalue weighted by Gasteiger charge is 2.23. The van der Waals surface area contributed by atoms with Crippen molar-refractivity contribution in [2.45, 2.75) is 13.3 Å². The number of nitro groups is 2. The van der Waals surface area contributed by atoms with Crippen LogP contribution < -0.4 is 9.47 Å². The highest BCUT2D eigenvalue weighted by atomic mass is 16.7. The van der Waals surface area contributed by atoms with Gasteiger partial charge in [0.25, 0.3) is 5.69 Å². The number of nitrogens with zero attached hydrogens (tertiary/aromatic N) is 2. The second kappa shape index (κ2) is 4.92. The van der Waals surface area contributed by atoms with Gasteiger partial charge in [0.05, 0.1) is 21.5 Å². The molecule has 1 aliphatic heterocycles. The fourth-order valence-corrected chi connectivity index (χ4v) is 1.68. The number of rotatable bonds is 4. The van der Waals surface area contributed by atoms with Crippen LogP contribution in [0.3, 0.4) is 0 Å². The smallest absolute Gasteiger partial charge is 0.280 e. The molecule has 1 aromatic carbocycles. The average Bonchev–Trinajstić information content (AvgIpc) is 2.81. The molecule has 8 nitrogen and oxygen atoms in total. The molecule has 0 saturated heterocycles. The van der Waals surface area contributed by atoms with Crippen LogP contribution in [0.15, 0.2) is 17.8 Å². The zero-order valence-corrected chi connectivity index (χ0v) is 9.99. The molecule has 0 fully saturated rings. The number of benzene rings is 1. The number of nitro benzene ring substituents is 1. The Kier molecular flexibility index (Phi) is 3.32. The van der Waals surface area contributed by atoms with Crippen LogP contribution in [0, 0.1) is 20.2 Å². The second-order valence-electron chi connectivity index (χ2n) is 3.77. The Labute approximate surface area is 107 Å². The van der Waals surface area contributed by atoms with Crippen molar-refractivity contribution < 1.29 is 19.3 Å². The zero-order chi connectivity index (χ0) is 14.0. The van der Waals surface area contributed by atoms with E-state index in [4.69, 9.17) is 9.47 Å². The molecule has 0 aromatic heterocycles. The Morgan fingerprint density at radius 1 is 1.32 bits per heavy atom. The number of fused-ring (bicyclic) bond motifs is 1. The largest absolute Gasteiger partial charge is 0.454 e. The second-order valence-corrected chi connectivity index (χ2v) is 3.77. The maximum Gasteiger partial charge on any atom is 0.280 e. The van der Waals surface area contributed by atoms with Crippen LogP contribution in [0.4, 0.5) is 5.69 Å². The van der Waals surface area contributed by atoms with E-state index in [1.165, 1.54) is 18.2 Å². The standard InChI is InChI=1S/C11H10N2O6/c1-2-8(12(14)15)3-7-4-10-11(19-6-18-10)5-9(7)13(16)17/h3-5H,2,6H2,1H3/b8-3+. The topological polar surface area (TPSA) is 105 Å². The van der Waals surface area contributed by atoms with Gasteiger partial charge < -0.3 is 9.47 Å². The van der Waals surface area contributed by atoms with Crippen molar-refractivity contribution >= 4 is 11.8 Å². The Morgan fingerprint density at radius 2 is 1.95 bits per heavy atom. The van der Waals surface area contributed by atoms with E-state index in [0.717, 1.165) is 0 Å². The molecule has 0 unspecified atom stereocenters. The van der Waals surface area contributed by atoms with Gasteiger partial charge in [-0.05, 0) is 6.07 Å². The van der Waals surface area contributed by atoms with E-state index in [9.17, 15) is 20.2 Å². The van der Waals surface area contributed by atoms with Gasteiger partial charge in [-0.2, -0.15) is 0 Å². The molecule has 1 heterocycles. The normalized spacial score (nSPS) is 13.4. The van der Waals surface area contributed by atoms with Crippen LogP contribution >= 0.6 is 0 Å². The molecule has 0 bridgehead atoms. The Morgan fingerprint density at radius 3 is 2.47 bits per heavy atom. The number of hydrogen-bond acceptors (Lipinski definition) is 6. The van der Waals surface area contributed by atoms with Gasteiger partial charge in [0, 0.05) is 12.5 Å². The molecule has 0 amide bonds. The van der Waals surface area contributed by atoms with Crippen LogP contribution in [-0.4, -0.2) is 16.6 Å². The molecule has 1 aromatic rings. The Bertz CT molecular complexity index is 581. The summed E-state index contributed by atoms with van der Waals surface area (Å²) in [6, 6.07) is 2.58. The van der Waals surface area contributed by atoms with Gasteiger partial charge in [0.15, 0.2) is 11.5 Å². The first-order valence-corrected chi connectivity index (χ1v) is 5.46. The predicted molar refractivity (Wildman–Crippen MR) is 64.5 cm³/mol. The Balaban J connectivity index is 2.55. The molecule has 2 rings (SSSR count). The van der Waals surface area contributed by atoms with Gasteiger partial charge in [-0.15, -0.1) is 0 Å². The average molecular weight is 266 g/mol. The molecular formula is C11H10N2O6. The van der Waals surface area contributed by atoms with Crippen LogP contribution in [0.2, 0.25) is 0 Å². The minimum Gasteiger partial charge on any atom is -0.454 e. The lowest BCUT2D eigenvalue weighted by Gasteiger charge is -2.01. The monoisotopic (exact) mass is 266 g/mol. The summed E-state index contributed by atoms with van der Waals surface area (Å²) < 4.78 is 10.1. The van der Waals surface area contributed by atoms with Crippen molar-refractivity contribution in [1.82, 2.24) is 0 Å². The molecule has 0 radical (unpaired) electrons. The molecular weight excluding hydrogens is 256 g/mol. The van der Waals surface area contributed by atoms with E-state index in [2.05, 4.69) is 0 Å². The first-order chi connectivity index (χ1) is 9.02. The van der Waals surface area contributed by atoms with Crippen LogP contribution in [0.5, 0.6) is 11.5 Å². The van der Waals surface area contributed by atoms with Crippen LogP contribution in [0.25, 0.3) is 6.08 Å². The molecule has 0 spiro atoms. The first kappa shape index (κ1) is 12.8. The van der Waals surface area contributed by atoms with E-state index in [0.29, 0.717) is 5.75 Å². The molecule has 0 saturated carbocycles. The van der Waals surface area contributed by atoms with E-state index in [1.54, 1.807) is 6.92 Å². The van der Waals surface area contributed by atoms with Gasteiger partial charge >= 0.3 is 0 Å². The summed E-state index contributed by atoms with van der Waals surface area (Å²) in [5.74, 6) is 0.610. The van der Waals surface area contributed by atoms with Gasteiger partial charge in [-0.1, -0.05) is 6.92 Å². The van der Waals surface area contributed by atoms with Gasteiger partial charge in [-0.25, -0.2) is 0 Å². The summed E-state index contributed by atoms with van der Waals surface area (Å²) in [5, 5.41) is 21.7. The quantitative estimate of drug-likeness (QED) is 0.611. The number of allylic oxidation sites excluding steroid dienone is 1. The fourth-order valence-electron chi connectivity index (χ4n) is 1.68. The van der Waals surface area contributed by atoms with Crippen molar-refractivity contribution in [3.63, 3.8) is 0 Å². The molecule has 100 valence electrons. The molecule has 0 N–H and O–H groups in total. The lowest BCUT2D eigenvalue weighted by atomic mass is 10.1. The fraction of sp³-hybridized carbons (Fsp3) is 0.273. The SMILES string of the molecule is CC/C(=C\c1cc2c(cc1[N+](=O)[O-])OCO2)[N+](=O)[O-]. The molecule has 0 atom stereocenters. The maximum absolute atomic E-state index is 11.0. The van der Waals surface area contributed by atoms with Crippen molar-refractivity contribution in [2.24, 2.45) is 0 Å². The minimum absolute atomic E-state index is 0.0183. The van der Waals surface area contributed by atoms with E-state index in [1.807, 2.05) is 0 Å². The Hall–Kier alpha value is -2.64. The summed E-state index contributed by atoms with van der Waals surface area (Å²) in [5.41, 5.74) is -0.234. The third-order valence-electron chi connectivity index (χ3n) is 2.64. The minimum atomic E-state index is -0.610.